The summed E-state index contributed by atoms with van der Waals surface area (Å²) in [5.41, 5.74) is 0. The summed E-state index contributed by atoms with van der Waals surface area (Å²) in [6, 6.07) is 6.70. The molecule has 5 nitrogen and oxygen atoms in total. The van der Waals surface area contributed by atoms with Crippen LogP contribution < -0.4 is 10.2 Å². The fraction of sp³-hybridized carbons (Fsp3) is 0.500. The Bertz CT molecular complexity index is 561. The molecule has 1 N–H and O–H groups in total. The Kier molecular flexibility index (Phi) is 4.20. The van der Waals surface area contributed by atoms with Crippen LogP contribution in [0.25, 0.3) is 0 Å². The van der Waals surface area contributed by atoms with Gasteiger partial charge in [0.25, 0.3) is 0 Å². The first-order valence-corrected chi connectivity index (χ1v) is 7.57. The van der Waals surface area contributed by atoms with Crippen molar-refractivity contribution in [2.75, 3.05) is 18.0 Å². The third kappa shape index (κ3) is 3.42. The van der Waals surface area contributed by atoms with Crippen molar-refractivity contribution in [3.05, 3.63) is 42.1 Å². The van der Waals surface area contributed by atoms with Crippen LogP contribution in [0, 0.1) is 6.92 Å². The van der Waals surface area contributed by atoms with E-state index in [1.165, 1.54) is 0 Å². The average molecular weight is 286 g/mol. The van der Waals surface area contributed by atoms with Crippen molar-refractivity contribution < 1.29 is 4.42 Å². The number of anilines is 1. The van der Waals surface area contributed by atoms with Crippen LogP contribution in [0.2, 0.25) is 0 Å². The molecule has 0 radical (unpaired) electrons. The Morgan fingerprint density at radius 1 is 1.24 bits per heavy atom. The number of piperidine rings is 1. The van der Waals surface area contributed by atoms with E-state index < -0.39 is 0 Å². The summed E-state index contributed by atoms with van der Waals surface area (Å²) >= 11 is 0. The van der Waals surface area contributed by atoms with Gasteiger partial charge in [0.1, 0.15) is 11.5 Å². The second-order valence-corrected chi connectivity index (χ2v) is 5.65. The van der Waals surface area contributed by atoms with E-state index in [0.29, 0.717) is 6.04 Å². The molecule has 5 heteroatoms. The molecule has 1 fully saturated rings. The Balaban J connectivity index is 1.52. The summed E-state index contributed by atoms with van der Waals surface area (Å²) in [4.78, 5) is 10.9. The molecule has 0 spiro atoms. The number of furan rings is 1. The largest absolute Gasteiger partial charge is 0.465 e. The highest BCUT2D eigenvalue weighted by Gasteiger charge is 2.22. The van der Waals surface area contributed by atoms with Crippen molar-refractivity contribution in [3.63, 3.8) is 0 Å². The molecule has 0 bridgehead atoms. The van der Waals surface area contributed by atoms with Crippen LogP contribution >= 0.6 is 0 Å². The Labute approximate surface area is 125 Å². The highest BCUT2D eigenvalue weighted by molar-refractivity contribution is 5.29. The zero-order valence-electron chi connectivity index (χ0n) is 12.6. The van der Waals surface area contributed by atoms with E-state index in [0.717, 1.165) is 43.4 Å². The summed E-state index contributed by atoms with van der Waals surface area (Å²) in [6.45, 7) is 6.12. The molecule has 1 saturated heterocycles. The second-order valence-electron chi connectivity index (χ2n) is 5.65. The highest BCUT2D eigenvalue weighted by Crippen LogP contribution is 2.20. The number of nitrogens with zero attached hydrogens (tertiary/aromatic N) is 3. The Morgan fingerprint density at radius 2 is 1.95 bits per heavy atom. The van der Waals surface area contributed by atoms with Gasteiger partial charge in [-0.3, -0.25) is 0 Å². The van der Waals surface area contributed by atoms with Gasteiger partial charge in [0.15, 0.2) is 0 Å². The van der Waals surface area contributed by atoms with Crippen molar-refractivity contribution in [1.29, 1.82) is 0 Å². The fourth-order valence-electron chi connectivity index (χ4n) is 2.82. The third-order valence-corrected chi connectivity index (χ3v) is 4.00. The number of hydrogen-bond acceptors (Lipinski definition) is 5. The van der Waals surface area contributed by atoms with Crippen LogP contribution in [-0.4, -0.2) is 29.1 Å². The van der Waals surface area contributed by atoms with Gasteiger partial charge in [-0.1, -0.05) is 0 Å². The maximum Gasteiger partial charge on any atom is 0.225 e. The minimum Gasteiger partial charge on any atom is -0.465 e. The maximum absolute atomic E-state index is 5.68. The summed E-state index contributed by atoms with van der Waals surface area (Å²) in [5, 5.41) is 3.66. The van der Waals surface area contributed by atoms with Crippen molar-refractivity contribution in [2.24, 2.45) is 0 Å². The molecular formula is C16H22N4O. The minimum atomic E-state index is 0.253. The van der Waals surface area contributed by atoms with Gasteiger partial charge in [-0.15, -0.1) is 0 Å². The molecule has 1 unspecified atom stereocenters. The first-order valence-electron chi connectivity index (χ1n) is 7.57. The predicted molar refractivity (Wildman–Crippen MR) is 82.3 cm³/mol. The molecule has 0 saturated carbocycles. The van der Waals surface area contributed by atoms with E-state index in [4.69, 9.17) is 4.42 Å². The second kappa shape index (κ2) is 6.26. The molecule has 2 aromatic heterocycles. The normalized spacial score (nSPS) is 17.9. The Hall–Kier alpha value is -1.88. The highest BCUT2D eigenvalue weighted by atomic mass is 16.3. The summed E-state index contributed by atoms with van der Waals surface area (Å²) in [6.07, 6.45) is 5.80. The molecule has 21 heavy (non-hydrogen) atoms. The third-order valence-electron chi connectivity index (χ3n) is 4.00. The molecule has 1 atom stereocenters. The zero-order valence-corrected chi connectivity index (χ0v) is 12.6. The lowest BCUT2D eigenvalue weighted by Gasteiger charge is -2.33. The number of hydrogen-bond donors (Lipinski definition) is 1. The smallest absolute Gasteiger partial charge is 0.225 e. The van der Waals surface area contributed by atoms with Gasteiger partial charge in [0.05, 0.1) is 6.04 Å². The lowest BCUT2D eigenvalue weighted by molar-refractivity contribution is 0.342. The zero-order chi connectivity index (χ0) is 14.7. The molecule has 1 aliphatic heterocycles. The van der Waals surface area contributed by atoms with Crippen LogP contribution in [0.15, 0.2) is 35.0 Å². The summed E-state index contributed by atoms with van der Waals surface area (Å²) in [5.74, 6) is 2.82. The van der Waals surface area contributed by atoms with E-state index in [9.17, 15) is 0 Å². The van der Waals surface area contributed by atoms with Gasteiger partial charge in [-0.05, 0) is 44.9 Å². The quantitative estimate of drug-likeness (QED) is 0.936. The van der Waals surface area contributed by atoms with Gasteiger partial charge < -0.3 is 14.6 Å². The van der Waals surface area contributed by atoms with Gasteiger partial charge in [-0.2, -0.15) is 0 Å². The standard InChI is InChI=1S/C16H22N4O/c1-12-4-5-15(21-12)13(2)19-14-6-10-20(11-7-14)16-17-8-3-9-18-16/h3-5,8-9,13-14,19H,6-7,10-11H2,1-2H3. The molecular weight excluding hydrogens is 264 g/mol. The maximum atomic E-state index is 5.68. The lowest BCUT2D eigenvalue weighted by Crippen LogP contribution is -2.43. The summed E-state index contributed by atoms with van der Waals surface area (Å²) < 4.78 is 5.68. The molecule has 0 amide bonds. The van der Waals surface area contributed by atoms with E-state index in [2.05, 4.69) is 33.2 Å². The number of aromatic nitrogens is 2. The van der Waals surface area contributed by atoms with E-state index in [1.54, 1.807) is 12.4 Å². The van der Waals surface area contributed by atoms with Crippen molar-refractivity contribution >= 4 is 5.95 Å². The van der Waals surface area contributed by atoms with Crippen LogP contribution in [0.3, 0.4) is 0 Å². The first kappa shape index (κ1) is 14.1. The van der Waals surface area contributed by atoms with E-state index in [-0.39, 0.29) is 6.04 Å². The molecule has 1 aliphatic rings. The molecule has 0 aliphatic carbocycles. The summed E-state index contributed by atoms with van der Waals surface area (Å²) in [7, 11) is 0. The van der Waals surface area contributed by atoms with Crippen LogP contribution in [0.5, 0.6) is 0 Å². The fourth-order valence-corrected chi connectivity index (χ4v) is 2.82. The van der Waals surface area contributed by atoms with Crippen molar-refractivity contribution in [3.8, 4) is 0 Å². The van der Waals surface area contributed by atoms with Gasteiger partial charge in [0, 0.05) is 31.5 Å². The molecule has 0 aromatic carbocycles. The molecule has 2 aromatic rings. The average Bonchev–Trinajstić information content (AvgIpc) is 2.96. The van der Waals surface area contributed by atoms with Gasteiger partial charge in [0.2, 0.25) is 5.95 Å². The van der Waals surface area contributed by atoms with Crippen molar-refractivity contribution in [1.82, 2.24) is 15.3 Å². The SMILES string of the molecule is Cc1ccc(C(C)NC2CCN(c3ncccn3)CC2)o1. The number of nitrogens with one attached hydrogen (secondary N) is 1. The van der Waals surface area contributed by atoms with Crippen LogP contribution in [0.1, 0.15) is 37.3 Å². The van der Waals surface area contributed by atoms with Gasteiger partial charge in [-0.25, -0.2) is 9.97 Å². The molecule has 112 valence electrons. The monoisotopic (exact) mass is 286 g/mol. The van der Waals surface area contributed by atoms with E-state index >= 15 is 0 Å². The lowest BCUT2D eigenvalue weighted by atomic mass is 10.0. The van der Waals surface area contributed by atoms with E-state index in [1.807, 2.05) is 19.1 Å². The van der Waals surface area contributed by atoms with Crippen molar-refractivity contribution in [2.45, 2.75) is 38.8 Å². The predicted octanol–water partition coefficient (Wildman–Crippen LogP) is 2.70. The van der Waals surface area contributed by atoms with Crippen LogP contribution in [0.4, 0.5) is 5.95 Å². The molecule has 3 heterocycles. The Morgan fingerprint density at radius 3 is 2.57 bits per heavy atom. The number of rotatable bonds is 4. The molecule has 3 rings (SSSR count). The first-order chi connectivity index (χ1) is 10.2. The van der Waals surface area contributed by atoms with Crippen LogP contribution in [-0.2, 0) is 0 Å². The topological polar surface area (TPSA) is 54.2 Å². The number of aryl methyl sites for hydroxylation is 1. The minimum absolute atomic E-state index is 0.253. The van der Waals surface area contributed by atoms with Gasteiger partial charge >= 0.3 is 0 Å².